The molecule has 4 rings (SSSR count). The van der Waals surface area contributed by atoms with Crippen molar-refractivity contribution in [3.63, 3.8) is 0 Å². The summed E-state index contributed by atoms with van der Waals surface area (Å²) in [7, 11) is 0. The molecular weight excluding hydrogens is 372 g/mol. The number of rotatable bonds is 3. The van der Waals surface area contributed by atoms with Gasteiger partial charge in [0.15, 0.2) is 11.5 Å². The Balaban J connectivity index is 1.93. The van der Waals surface area contributed by atoms with Crippen molar-refractivity contribution in [2.75, 3.05) is 11.5 Å². The highest BCUT2D eigenvalue weighted by Crippen LogP contribution is 2.54. The lowest BCUT2D eigenvalue weighted by Gasteiger charge is -2.31. The van der Waals surface area contributed by atoms with Crippen LogP contribution in [-0.4, -0.2) is 11.7 Å². The Morgan fingerprint density at radius 3 is 2.64 bits per heavy atom. The van der Waals surface area contributed by atoms with E-state index >= 15 is 0 Å². The Labute approximate surface area is 166 Å². The first-order valence-electron chi connectivity index (χ1n) is 8.67. The average Bonchev–Trinajstić information content (AvgIpc) is 3.09. The van der Waals surface area contributed by atoms with Crippen LogP contribution in [0.4, 0.5) is 5.69 Å². The van der Waals surface area contributed by atoms with Gasteiger partial charge >= 0.3 is 0 Å². The van der Waals surface area contributed by atoms with Gasteiger partial charge in [0.1, 0.15) is 10.9 Å². The highest BCUT2D eigenvalue weighted by atomic mass is 32.2. The molecule has 0 fully saturated rings. The molecule has 6 nitrogen and oxygen atoms in total. The minimum Gasteiger partial charge on any atom is -0.504 e. The van der Waals surface area contributed by atoms with Gasteiger partial charge in [-0.1, -0.05) is 30.0 Å². The fourth-order valence-corrected chi connectivity index (χ4v) is 4.67. The molecule has 0 unspecified atom stereocenters. The first-order chi connectivity index (χ1) is 13.6. The van der Waals surface area contributed by atoms with Crippen molar-refractivity contribution in [3.05, 3.63) is 70.0 Å². The molecule has 7 heteroatoms. The van der Waals surface area contributed by atoms with E-state index < -0.39 is 5.92 Å². The standard InChI is InChI=1S/C21H16N4O2S/c1-2-27-17-9-12(7-8-16(17)26)19-13(10-22)20(24)25-15-5-3-4-6-18(15)28-21(25)14(19)11-23/h3-9,19,26H,2,24H2,1H3/t19-/m1/s1. The lowest BCUT2D eigenvalue weighted by molar-refractivity contribution is 0.317. The lowest BCUT2D eigenvalue weighted by atomic mass is 9.83. The van der Waals surface area contributed by atoms with E-state index in [1.807, 2.05) is 31.2 Å². The Bertz CT molecular complexity index is 1120. The van der Waals surface area contributed by atoms with Crippen molar-refractivity contribution >= 4 is 17.4 Å². The maximum Gasteiger partial charge on any atom is 0.161 e. The van der Waals surface area contributed by atoms with Crippen LogP contribution in [-0.2, 0) is 0 Å². The van der Waals surface area contributed by atoms with Gasteiger partial charge in [-0.05, 0) is 36.8 Å². The number of anilines is 1. The Hall–Kier alpha value is -3.55. The molecule has 0 bridgehead atoms. The number of hydrogen-bond donors (Lipinski definition) is 2. The molecule has 1 atom stereocenters. The van der Waals surface area contributed by atoms with Crippen LogP contribution in [0.5, 0.6) is 11.5 Å². The van der Waals surface area contributed by atoms with Crippen LogP contribution in [0.1, 0.15) is 18.4 Å². The predicted octanol–water partition coefficient (Wildman–Crippen LogP) is 3.93. The fourth-order valence-electron chi connectivity index (χ4n) is 3.49. The molecule has 2 heterocycles. The second kappa shape index (κ2) is 6.88. The van der Waals surface area contributed by atoms with Crippen molar-refractivity contribution < 1.29 is 9.84 Å². The molecule has 28 heavy (non-hydrogen) atoms. The molecule has 0 radical (unpaired) electrons. The maximum atomic E-state index is 10.0. The topological polar surface area (TPSA) is 106 Å². The zero-order valence-corrected chi connectivity index (χ0v) is 15.8. The highest BCUT2D eigenvalue weighted by molar-refractivity contribution is 8.03. The number of benzene rings is 2. The van der Waals surface area contributed by atoms with Gasteiger partial charge in [-0.25, -0.2) is 0 Å². The molecule has 0 spiro atoms. The largest absolute Gasteiger partial charge is 0.504 e. The van der Waals surface area contributed by atoms with E-state index in [9.17, 15) is 15.6 Å². The van der Waals surface area contributed by atoms with E-state index in [2.05, 4.69) is 12.1 Å². The van der Waals surface area contributed by atoms with Gasteiger partial charge < -0.3 is 15.6 Å². The number of nitrogens with zero attached hydrogens (tertiary/aromatic N) is 3. The van der Waals surface area contributed by atoms with Crippen molar-refractivity contribution in [3.8, 4) is 23.6 Å². The molecule has 2 aliphatic rings. The summed E-state index contributed by atoms with van der Waals surface area (Å²) < 4.78 is 5.48. The third kappa shape index (κ3) is 2.57. The molecule has 3 N–H and O–H groups in total. The molecule has 0 saturated heterocycles. The zero-order chi connectivity index (χ0) is 19.8. The lowest BCUT2D eigenvalue weighted by Crippen LogP contribution is -2.32. The normalized spacial score (nSPS) is 17.7. The number of phenols is 1. The Kier molecular flexibility index (Phi) is 4.38. The van der Waals surface area contributed by atoms with E-state index in [1.165, 1.54) is 17.8 Å². The second-order valence-electron chi connectivity index (χ2n) is 6.24. The van der Waals surface area contributed by atoms with Gasteiger partial charge in [-0.15, -0.1) is 0 Å². The molecule has 2 aromatic rings. The zero-order valence-electron chi connectivity index (χ0n) is 15.0. The van der Waals surface area contributed by atoms with E-state index in [0.717, 1.165) is 10.6 Å². The number of hydrogen-bond acceptors (Lipinski definition) is 7. The van der Waals surface area contributed by atoms with Gasteiger partial charge in [-0.3, -0.25) is 4.90 Å². The van der Waals surface area contributed by atoms with Crippen molar-refractivity contribution in [1.29, 1.82) is 10.5 Å². The quantitative estimate of drug-likeness (QED) is 0.820. The highest BCUT2D eigenvalue weighted by Gasteiger charge is 2.40. The van der Waals surface area contributed by atoms with Crippen molar-refractivity contribution in [1.82, 2.24) is 0 Å². The number of phenolic OH excluding ortho intramolecular Hbond substituents is 1. The van der Waals surface area contributed by atoms with E-state index in [1.54, 1.807) is 17.0 Å². The molecule has 138 valence electrons. The molecule has 0 aliphatic carbocycles. The number of nitriles is 2. The number of nitrogens with two attached hydrogens (primary N) is 1. The summed E-state index contributed by atoms with van der Waals surface area (Å²) in [6.07, 6.45) is 0. The molecule has 0 aromatic heterocycles. The van der Waals surface area contributed by atoms with Gasteiger partial charge in [0.2, 0.25) is 0 Å². The third-order valence-electron chi connectivity index (χ3n) is 4.70. The number of ether oxygens (including phenoxy) is 1. The van der Waals surface area contributed by atoms with Crippen LogP contribution < -0.4 is 15.4 Å². The summed E-state index contributed by atoms with van der Waals surface area (Å²) in [5.41, 5.74) is 8.68. The summed E-state index contributed by atoms with van der Waals surface area (Å²) in [6, 6.07) is 17.0. The minimum absolute atomic E-state index is 0.00676. The second-order valence-corrected chi connectivity index (χ2v) is 7.27. The van der Waals surface area contributed by atoms with Crippen molar-refractivity contribution in [2.24, 2.45) is 5.73 Å². The van der Waals surface area contributed by atoms with E-state index in [0.29, 0.717) is 39.9 Å². The van der Waals surface area contributed by atoms with Crippen LogP contribution in [0.15, 0.2) is 69.4 Å². The summed E-state index contributed by atoms with van der Waals surface area (Å²) in [5.74, 6) is 0.00287. The van der Waals surface area contributed by atoms with Crippen LogP contribution in [0, 0.1) is 22.7 Å². The van der Waals surface area contributed by atoms with Crippen LogP contribution in [0.25, 0.3) is 0 Å². The first kappa shape index (κ1) is 17.8. The number of fused-ring (bicyclic) bond motifs is 3. The van der Waals surface area contributed by atoms with Gasteiger partial charge in [0, 0.05) is 4.90 Å². The SMILES string of the molecule is CCOc1cc([C@@H]2C(C#N)=C(N)N3C(=C2C#N)Sc2ccccc23)ccc1O. The van der Waals surface area contributed by atoms with Crippen LogP contribution in [0.2, 0.25) is 0 Å². The number of para-hydroxylation sites is 1. The van der Waals surface area contributed by atoms with Gasteiger partial charge in [-0.2, -0.15) is 10.5 Å². The summed E-state index contributed by atoms with van der Waals surface area (Å²) in [6.45, 7) is 2.20. The monoisotopic (exact) mass is 388 g/mol. The van der Waals surface area contributed by atoms with Crippen molar-refractivity contribution in [2.45, 2.75) is 17.7 Å². The van der Waals surface area contributed by atoms with Gasteiger partial charge in [0.25, 0.3) is 0 Å². The minimum atomic E-state index is -0.622. The number of aromatic hydroxyl groups is 1. The van der Waals surface area contributed by atoms with E-state index in [-0.39, 0.29) is 5.75 Å². The predicted molar refractivity (Wildman–Crippen MR) is 106 cm³/mol. The molecule has 0 amide bonds. The average molecular weight is 388 g/mol. The Morgan fingerprint density at radius 2 is 1.93 bits per heavy atom. The fraction of sp³-hybridized carbons (Fsp3) is 0.143. The maximum absolute atomic E-state index is 10.0. The third-order valence-corrected chi connectivity index (χ3v) is 5.86. The first-order valence-corrected chi connectivity index (χ1v) is 9.49. The summed E-state index contributed by atoms with van der Waals surface area (Å²) in [5, 5.41) is 30.6. The number of thioether (sulfide) groups is 1. The summed E-state index contributed by atoms with van der Waals surface area (Å²) in [4.78, 5) is 2.75. The van der Waals surface area contributed by atoms with Crippen LogP contribution >= 0.6 is 11.8 Å². The molecule has 2 aromatic carbocycles. The van der Waals surface area contributed by atoms with E-state index in [4.69, 9.17) is 10.5 Å². The number of allylic oxidation sites excluding steroid dienone is 2. The smallest absolute Gasteiger partial charge is 0.161 e. The Morgan fingerprint density at radius 1 is 1.18 bits per heavy atom. The molecule has 0 saturated carbocycles. The molecular formula is C21H16N4O2S. The van der Waals surface area contributed by atoms with Crippen LogP contribution in [0.3, 0.4) is 0 Å². The van der Waals surface area contributed by atoms with Gasteiger partial charge in [0.05, 0.1) is 41.5 Å². The summed E-state index contributed by atoms with van der Waals surface area (Å²) >= 11 is 1.46. The molecule has 2 aliphatic heterocycles.